The molecule has 0 aliphatic carbocycles. The van der Waals surface area contributed by atoms with Gasteiger partial charge in [0, 0.05) is 29.1 Å². The van der Waals surface area contributed by atoms with Crippen molar-refractivity contribution >= 4 is 40.0 Å². The number of thioether (sulfide) groups is 1. The van der Waals surface area contributed by atoms with E-state index in [0.29, 0.717) is 23.1 Å². The Kier molecular flexibility index (Phi) is 4.89. The maximum absolute atomic E-state index is 13.5. The van der Waals surface area contributed by atoms with Crippen LogP contribution in [0.1, 0.15) is 18.1 Å². The largest absolute Gasteiger partial charge is 0.497 e. The molecule has 28 heavy (non-hydrogen) atoms. The Morgan fingerprint density at radius 2 is 1.93 bits per heavy atom. The summed E-state index contributed by atoms with van der Waals surface area (Å²) < 4.78 is 10.2. The van der Waals surface area contributed by atoms with Gasteiger partial charge in [-0.1, -0.05) is 59.8 Å². The summed E-state index contributed by atoms with van der Waals surface area (Å²) in [6.45, 7) is 2.52. The number of halogens is 1. The highest BCUT2D eigenvalue weighted by Gasteiger charge is 2.54. The maximum atomic E-state index is 13.5. The molecule has 0 fully saturated rings. The van der Waals surface area contributed by atoms with Crippen molar-refractivity contribution in [1.82, 2.24) is 0 Å². The first-order valence-electron chi connectivity index (χ1n) is 8.97. The lowest BCUT2D eigenvalue weighted by Crippen LogP contribution is -2.35. The van der Waals surface area contributed by atoms with E-state index in [4.69, 9.17) is 21.1 Å². The fraction of sp³-hybridized carbons (Fsp3) is 0.227. The smallest absolute Gasteiger partial charge is 0.252 e. The molecule has 1 amide bonds. The molecular weight excluding hydrogens is 394 g/mol. The summed E-state index contributed by atoms with van der Waals surface area (Å²) in [5.41, 5.74) is 2.59. The molecule has 0 bridgehead atoms. The van der Waals surface area contributed by atoms with Crippen molar-refractivity contribution in [3.63, 3.8) is 0 Å². The molecular formula is C22H20ClNO3S. The minimum absolute atomic E-state index is 0.00494. The van der Waals surface area contributed by atoms with Crippen LogP contribution in [0.15, 0.2) is 59.5 Å². The lowest BCUT2D eigenvalue weighted by Gasteiger charge is -2.22. The molecule has 2 aromatic carbocycles. The highest BCUT2D eigenvalue weighted by Crippen LogP contribution is 2.60. The zero-order valence-corrected chi connectivity index (χ0v) is 17.4. The van der Waals surface area contributed by atoms with Crippen molar-refractivity contribution < 1.29 is 14.3 Å². The normalized spacial score (nSPS) is 22.0. The second kappa shape index (κ2) is 7.22. The van der Waals surface area contributed by atoms with Crippen LogP contribution in [0.2, 0.25) is 0 Å². The van der Waals surface area contributed by atoms with Gasteiger partial charge in [0.15, 0.2) is 0 Å². The van der Waals surface area contributed by atoms with Crippen molar-refractivity contribution in [3.8, 4) is 11.5 Å². The molecule has 0 saturated heterocycles. The first-order chi connectivity index (χ1) is 13.6. The number of rotatable bonds is 4. The molecule has 2 aromatic rings. The lowest BCUT2D eigenvalue weighted by atomic mass is 9.97. The zero-order valence-electron chi connectivity index (χ0n) is 15.9. The van der Waals surface area contributed by atoms with Crippen LogP contribution in [-0.2, 0) is 9.54 Å². The number of methoxy groups -OCH3 is 2. The van der Waals surface area contributed by atoms with Gasteiger partial charge in [0.25, 0.3) is 5.91 Å². The SMILES string of the molecule is CCN1C(=O)C2(C=C/C(=C(\Cl)c3ccccc3)S2)c2c(OC)cc(OC)cc21. The Morgan fingerprint density at radius 3 is 2.57 bits per heavy atom. The highest BCUT2D eigenvalue weighted by molar-refractivity contribution is 8.05. The third-order valence-electron chi connectivity index (χ3n) is 5.04. The Balaban J connectivity index is 1.87. The maximum Gasteiger partial charge on any atom is 0.252 e. The number of nitrogens with zero attached hydrogens (tertiary/aromatic N) is 1. The van der Waals surface area contributed by atoms with Crippen LogP contribution in [0.4, 0.5) is 5.69 Å². The standard InChI is InChI=1S/C22H20ClNO3S/c1-4-24-16-12-15(26-2)13-17(27-3)19(16)22(21(24)25)11-10-18(28-22)20(23)14-8-6-5-7-9-14/h5-13H,4H2,1-3H3/b20-18+. The number of hydrogen-bond donors (Lipinski definition) is 0. The average Bonchev–Trinajstić information content (AvgIpc) is 3.28. The van der Waals surface area contributed by atoms with Crippen LogP contribution >= 0.6 is 23.4 Å². The van der Waals surface area contributed by atoms with E-state index in [9.17, 15) is 4.79 Å². The van der Waals surface area contributed by atoms with E-state index in [1.54, 1.807) is 19.1 Å². The zero-order chi connectivity index (χ0) is 19.9. The van der Waals surface area contributed by atoms with E-state index in [1.807, 2.05) is 61.5 Å². The number of ether oxygens (including phenoxy) is 2. The topological polar surface area (TPSA) is 38.8 Å². The summed E-state index contributed by atoms with van der Waals surface area (Å²) in [6.07, 6.45) is 3.87. The van der Waals surface area contributed by atoms with E-state index in [2.05, 4.69) is 0 Å². The fourth-order valence-corrected chi connectivity index (χ4v) is 5.34. The minimum Gasteiger partial charge on any atom is -0.497 e. The summed E-state index contributed by atoms with van der Waals surface area (Å²) in [4.78, 5) is 16.1. The summed E-state index contributed by atoms with van der Waals surface area (Å²) >= 11 is 8.13. The van der Waals surface area contributed by atoms with Gasteiger partial charge < -0.3 is 14.4 Å². The van der Waals surface area contributed by atoms with Crippen molar-refractivity contribution in [2.24, 2.45) is 0 Å². The average molecular weight is 414 g/mol. The van der Waals surface area contributed by atoms with Crippen LogP contribution in [0.3, 0.4) is 0 Å². The number of carbonyl (C=O) groups is 1. The number of allylic oxidation sites excluding steroid dienone is 1. The van der Waals surface area contributed by atoms with E-state index in [0.717, 1.165) is 21.7 Å². The number of likely N-dealkylation sites (N-methyl/N-ethyl adjacent to an activating group) is 1. The number of fused-ring (bicyclic) bond motifs is 2. The molecule has 4 nitrogen and oxygen atoms in total. The second-order valence-corrected chi connectivity index (χ2v) is 8.15. The molecule has 1 atom stereocenters. The summed E-state index contributed by atoms with van der Waals surface area (Å²) in [7, 11) is 3.22. The first-order valence-corrected chi connectivity index (χ1v) is 10.2. The number of anilines is 1. The van der Waals surface area contributed by atoms with Gasteiger partial charge in [0.05, 0.1) is 24.9 Å². The third-order valence-corrected chi connectivity index (χ3v) is 6.97. The van der Waals surface area contributed by atoms with Gasteiger partial charge in [-0.2, -0.15) is 0 Å². The van der Waals surface area contributed by atoms with Crippen LogP contribution in [0.5, 0.6) is 11.5 Å². The molecule has 0 N–H and O–H groups in total. The highest BCUT2D eigenvalue weighted by atomic mass is 35.5. The van der Waals surface area contributed by atoms with Gasteiger partial charge in [0.2, 0.25) is 0 Å². The lowest BCUT2D eigenvalue weighted by molar-refractivity contribution is -0.119. The van der Waals surface area contributed by atoms with E-state index in [-0.39, 0.29) is 5.91 Å². The van der Waals surface area contributed by atoms with Crippen molar-refractivity contribution in [1.29, 1.82) is 0 Å². The summed E-state index contributed by atoms with van der Waals surface area (Å²) in [6, 6.07) is 13.5. The van der Waals surface area contributed by atoms with Crippen LogP contribution in [0.25, 0.3) is 5.03 Å². The van der Waals surface area contributed by atoms with E-state index >= 15 is 0 Å². The Labute approximate surface area is 173 Å². The molecule has 2 aliphatic rings. The van der Waals surface area contributed by atoms with Crippen LogP contribution in [-0.4, -0.2) is 26.7 Å². The van der Waals surface area contributed by atoms with Crippen molar-refractivity contribution in [2.45, 2.75) is 11.7 Å². The molecule has 1 spiro atoms. The molecule has 0 radical (unpaired) electrons. The Bertz CT molecular complexity index is 1000. The van der Waals surface area contributed by atoms with E-state index < -0.39 is 4.75 Å². The molecule has 2 aliphatic heterocycles. The number of hydrogen-bond acceptors (Lipinski definition) is 4. The molecule has 0 aromatic heterocycles. The number of carbonyl (C=O) groups excluding carboxylic acids is 1. The van der Waals surface area contributed by atoms with Gasteiger partial charge in [-0.05, 0) is 18.6 Å². The first kappa shape index (κ1) is 19.0. The second-order valence-electron chi connectivity index (χ2n) is 6.49. The molecule has 6 heteroatoms. The Morgan fingerprint density at radius 1 is 1.18 bits per heavy atom. The molecule has 1 unspecified atom stereocenters. The monoisotopic (exact) mass is 413 g/mol. The molecule has 2 heterocycles. The van der Waals surface area contributed by atoms with Gasteiger partial charge in [0.1, 0.15) is 16.2 Å². The van der Waals surface area contributed by atoms with Gasteiger partial charge >= 0.3 is 0 Å². The molecule has 0 saturated carbocycles. The van der Waals surface area contributed by atoms with Crippen molar-refractivity contribution in [2.75, 3.05) is 25.7 Å². The quantitative estimate of drug-likeness (QED) is 0.692. The minimum atomic E-state index is -0.882. The molecule has 144 valence electrons. The summed E-state index contributed by atoms with van der Waals surface area (Å²) in [5.74, 6) is 1.29. The Hall–Kier alpha value is -2.37. The fourth-order valence-electron chi connectivity index (χ4n) is 3.70. The van der Waals surface area contributed by atoms with Crippen LogP contribution < -0.4 is 14.4 Å². The van der Waals surface area contributed by atoms with Gasteiger partial charge in [-0.25, -0.2) is 0 Å². The van der Waals surface area contributed by atoms with Crippen molar-refractivity contribution in [3.05, 3.63) is 70.6 Å². The summed E-state index contributed by atoms with van der Waals surface area (Å²) in [5, 5.41) is 0.635. The van der Waals surface area contributed by atoms with Crippen LogP contribution in [0, 0.1) is 0 Å². The van der Waals surface area contributed by atoms with E-state index in [1.165, 1.54) is 11.8 Å². The van der Waals surface area contributed by atoms with Gasteiger partial charge in [-0.3, -0.25) is 4.79 Å². The predicted molar refractivity (Wildman–Crippen MR) is 115 cm³/mol. The number of amides is 1. The number of benzene rings is 2. The predicted octanol–water partition coefficient (Wildman–Crippen LogP) is 5.18. The molecule has 4 rings (SSSR count). The third kappa shape index (κ3) is 2.73. The van der Waals surface area contributed by atoms with Gasteiger partial charge in [-0.15, -0.1) is 0 Å².